The van der Waals surface area contributed by atoms with Gasteiger partial charge in [-0.15, -0.1) is 11.3 Å². The highest BCUT2D eigenvalue weighted by molar-refractivity contribution is 7.20. The van der Waals surface area contributed by atoms with Gasteiger partial charge in [-0.25, -0.2) is 9.78 Å². The Labute approximate surface area is 180 Å². The zero-order valence-electron chi connectivity index (χ0n) is 16.9. The number of hydrogen-bond donors (Lipinski definition) is 2. The van der Waals surface area contributed by atoms with Crippen molar-refractivity contribution in [2.24, 2.45) is 0 Å². The van der Waals surface area contributed by atoms with Gasteiger partial charge in [0.2, 0.25) is 0 Å². The minimum Gasteiger partial charge on any atom is -0.477 e. The van der Waals surface area contributed by atoms with Gasteiger partial charge in [-0.3, -0.25) is 0 Å². The fraction of sp³-hybridized carbons (Fsp3) is 0.250. The lowest BCUT2D eigenvalue weighted by Crippen LogP contribution is -2.23. The topological polar surface area (TPSA) is 67.2 Å². The van der Waals surface area contributed by atoms with Crippen molar-refractivity contribution < 1.29 is 9.90 Å². The van der Waals surface area contributed by atoms with Crippen LogP contribution in [0.3, 0.4) is 0 Å². The molecule has 0 saturated carbocycles. The Morgan fingerprint density at radius 3 is 2.80 bits per heavy atom. The number of hydrogen-bond acceptors (Lipinski definition) is 4. The molecule has 2 N–H and O–H groups in total. The number of anilines is 1. The van der Waals surface area contributed by atoms with Gasteiger partial charge in [0, 0.05) is 41.3 Å². The highest BCUT2D eigenvalue weighted by Gasteiger charge is 2.14. The van der Waals surface area contributed by atoms with Crippen molar-refractivity contribution >= 4 is 33.1 Å². The number of carbonyl (C=O) groups is 1. The first-order valence-electron chi connectivity index (χ1n) is 10.2. The standard InChI is InChI=1S/C24H25N3O2S/c1-2-6-19(13-21-14-25-16-27(21)15-17-7-4-3-5-8-17)26-20-9-10-22-18(11-20)12-23(30-22)24(28)29/h3-5,7-12,14,16,19,26H,2,6,13,15H2,1H3,(H,28,29). The van der Waals surface area contributed by atoms with Crippen molar-refractivity contribution in [2.45, 2.75) is 38.8 Å². The molecular formula is C24H25N3O2S. The molecule has 1 unspecified atom stereocenters. The lowest BCUT2D eigenvalue weighted by Gasteiger charge is -2.20. The van der Waals surface area contributed by atoms with Gasteiger partial charge in [-0.1, -0.05) is 43.7 Å². The van der Waals surface area contributed by atoms with Crippen LogP contribution in [-0.4, -0.2) is 26.7 Å². The number of fused-ring (bicyclic) bond motifs is 1. The Morgan fingerprint density at radius 2 is 2.03 bits per heavy atom. The summed E-state index contributed by atoms with van der Waals surface area (Å²) >= 11 is 1.31. The van der Waals surface area contributed by atoms with E-state index in [-0.39, 0.29) is 6.04 Å². The molecule has 0 bridgehead atoms. The fourth-order valence-corrected chi connectivity index (χ4v) is 4.62. The Morgan fingerprint density at radius 1 is 1.20 bits per heavy atom. The molecule has 154 valence electrons. The number of benzene rings is 2. The molecule has 1 atom stereocenters. The number of carboxylic acid groups (broad SMARTS) is 1. The van der Waals surface area contributed by atoms with Crippen LogP contribution >= 0.6 is 11.3 Å². The smallest absolute Gasteiger partial charge is 0.345 e. The maximum Gasteiger partial charge on any atom is 0.345 e. The van der Waals surface area contributed by atoms with Crippen LogP contribution in [0.15, 0.2) is 67.1 Å². The maximum atomic E-state index is 11.2. The van der Waals surface area contributed by atoms with E-state index in [4.69, 9.17) is 0 Å². The van der Waals surface area contributed by atoms with Gasteiger partial charge in [0.15, 0.2) is 0 Å². The number of aromatic carboxylic acids is 1. The van der Waals surface area contributed by atoms with Crippen LogP contribution in [0.25, 0.3) is 10.1 Å². The number of imidazole rings is 1. The van der Waals surface area contributed by atoms with Crippen molar-refractivity contribution in [1.29, 1.82) is 0 Å². The van der Waals surface area contributed by atoms with E-state index in [1.165, 1.54) is 22.6 Å². The van der Waals surface area contributed by atoms with E-state index in [0.717, 1.165) is 41.6 Å². The summed E-state index contributed by atoms with van der Waals surface area (Å²) in [4.78, 5) is 16.0. The van der Waals surface area contributed by atoms with E-state index in [9.17, 15) is 9.90 Å². The summed E-state index contributed by atoms with van der Waals surface area (Å²) in [6.45, 7) is 3.00. The van der Waals surface area contributed by atoms with Gasteiger partial charge >= 0.3 is 5.97 Å². The number of nitrogens with zero attached hydrogens (tertiary/aromatic N) is 2. The van der Waals surface area contributed by atoms with Crippen LogP contribution in [0.2, 0.25) is 0 Å². The molecule has 0 fully saturated rings. The van der Waals surface area contributed by atoms with Gasteiger partial charge in [-0.05, 0) is 41.6 Å². The second-order valence-electron chi connectivity index (χ2n) is 7.50. The van der Waals surface area contributed by atoms with Crippen molar-refractivity contribution in [3.8, 4) is 0 Å². The third-order valence-corrected chi connectivity index (χ3v) is 6.29. The summed E-state index contributed by atoms with van der Waals surface area (Å²) in [5, 5.41) is 13.9. The minimum atomic E-state index is -0.874. The SMILES string of the molecule is CCCC(Cc1cncn1Cc1ccccc1)Nc1ccc2sc(C(=O)O)cc2c1. The van der Waals surface area contributed by atoms with E-state index in [1.807, 2.05) is 36.8 Å². The summed E-state index contributed by atoms with van der Waals surface area (Å²) in [6.07, 6.45) is 6.85. The van der Waals surface area contributed by atoms with E-state index in [2.05, 4.69) is 46.1 Å². The molecule has 0 aliphatic rings. The molecule has 0 radical (unpaired) electrons. The average molecular weight is 420 g/mol. The van der Waals surface area contributed by atoms with Crippen LogP contribution in [0.5, 0.6) is 0 Å². The van der Waals surface area contributed by atoms with Crippen LogP contribution < -0.4 is 5.32 Å². The molecule has 4 aromatic rings. The third-order valence-electron chi connectivity index (χ3n) is 5.18. The second kappa shape index (κ2) is 9.13. The summed E-state index contributed by atoms with van der Waals surface area (Å²) in [7, 11) is 0. The predicted octanol–water partition coefficient (Wildman–Crippen LogP) is 5.67. The fourth-order valence-electron chi connectivity index (χ4n) is 3.74. The van der Waals surface area contributed by atoms with Crippen LogP contribution in [0.4, 0.5) is 5.69 Å². The molecule has 0 spiro atoms. The lowest BCUT2D eigenvalue weighted by atomic mass is 10.1. The summed E-state index contributed by atoms with van der Waals surface area (Å²) in [5.41, 5.74) is 3.48. The quantitative estimate of drug-likeness (QED) is 0.367. The Kier molecular flexibility index (Phi) is 6.14. The van der Waals surface area contributed by atoms with Gasteiger partial charge in [0.1, 0.15) is 4.88 Å². The largest absolute Gasteiger partial charge is 0.477 e. The second-order valence-corrected chi connectivity index (χ2v) is 8.58. The van der Waals surface area contributed by atoms with E-state index in [1.54, 1.807) is 6.07 Å². The predicted molar refractivity (Wildman–Crippen MR) is 123 cm³/mol. The van der Waals surface area contributed by atoms with E-state index in [0.29, 0.717) is 4.88 Å². The van der Waals surface area contributed by atoms with Gasteiger partial charge in [0.25, 0.3) is 0 Å². The van der Waals surface area contributed by atoms with E-state index >= 15 is 0 Å². The molecule has 2 aromatic carbocycles. The first kappa shape index (κ1) is 20.2. The molecule has 4 rings (SSSR count). The molecule has 6 heteroatoms. The zero-order chi connectivity index (χ0) is 20.9. The number of rotatable bonds is 9. The summed E-state index contributed by atoms with van der Waals surface area (Å²) in [5.74, 6) is -0.874. The van der Waals surface area contributed by atoms with Gasteiger partial charge in [-0.2, -0.15) is 0 Å². The summed E-state index contributed by atoms with van der Waals surface area (Å²) < 4.78 is 3.20. The summed E-state index contributed by atoms with van der Waals surface area (Å²) in [6, 6.07) is 18.5. The Bertz CT molecular complexity index is 1130. The highest BCUT2D eigenvalue weighted by atomic mass is 32.1. The van der Waals surface area contributed by atoms with Crippen molar-refractivity contribution in [1.82, 2.24) is 9.55 Å². The zero-order valence-corrected chi connectivity index (χ0v) is 17.7. The highest BCUT2D eigenvalue weighted by Crippen LogP contribution is 2.29. The van der Waals surface area contributed by atoms with Gasteiger partial charge < -0.3 is 15.0 Å². The lowest BCUT2D eigenvalue weighted by molar-refractivity contribution is 0.0702. The molecule has 0 aliphatic heterocycles. The first-order chi connectivity index (χ1) is 14.6. The molecule has 0 saturated heterocycles. The Balaban J connectivity index is 1.50. The Hall–Kier alpha value is -3.12. The molecule has 30 heavy (non-hydrogen) atoms. The van der Waals surface area contributed by atoms with Crippen LogP contribution in [0.1, 0.15) is 40.7 Å². The van der Waals surface area contributed by atoms with Crippen molar-refractivity contribution in [2.75, 3.05) is 5.32 Å². The maximum absolute atomic E-state index is 11.2. The molecule has 0 amide bonds. The number of aromatic nitrogens is 2. The van der Waals surface area contributed by atoms with Crippen molar-refractivity contribution in [3.05, 3.63) is 83.3 Å². The molecule has 0 aliphatic carbocycles. The third kappa shape index (κ3) is 4.71. The van der Waals surface area contributed by atoms with Crippen LogP contribution in [0, 0.1) is 0 Å². The number of nitrogens with one attached hydrogen (secondary N) is 1. The number of thiophene rings is 1. The number of carboxylic acids is 1. The molecule has 2 aromatic heterocycles. The van der Waals surface area contributed by atoms with E-state index < -0.39 is 5.97 Å². The normalized spacial score (nSPS) is 12.2. The first-order valence-corrected chi connectivity index (χ1v) is 11.0. The van der Waals surface area contributed by atoms with Crippen molar-refractivity contribution in [3.63, 3.8) is 0 Å². The van der Waals surface area contributed by atoms with Gasteiger partial charge in [0.05, 0.1) is 6.33 Å². The molecule has 5 nitrogen and oxygen atoms in total. The molecular weight excluding hydrogens is 394 g/mol. The average Bonchev–Trinajstić information content (AvgIpc) is 3.35. The van der Waals surface area contributed by atoms with Crippen LogP contribution in [-0.2, 0) is 13.0 Å². The molecule has 2 heterocycles. The monoisotopic (exact) mass is 419 g/mol. The minimum absolute atomic E-state index is 0.274.